The number of nitrogens with one attached hydrogen (secondary N) is 1. The quantitative estimate of drug-likeness (QED) is 0.727. The zero-order chi connectivity index (χ0) is 18.6. The monoisotopic (exact) mass is 382 g/mol. The molecule has 0 atom stereocenters. The van der Waals surface area contributed by atoms with E-state index in [2.05, 4.69) is 10.3 Å². The molecule has 7 heteroatoms. The van der Waals surface area contributed by atoms with Crippen LogP contribution in [0.15, 0.2) is 47.8 Å². The van der Waals surface area contributed by atoms with Crippen molar-refractivity contribution in [1.82, 2.24) is 4.98 Å². The molecule has 1 aliphatic rings. The highest BCUT2D eigenvalue weighted by Gasteiger charge is 2.14. The Kier molecular flexibility index (Phi) is 4.93. The van der Waals surface area contributed by atoms with E-state index < -0.39 is 0 Å². The maximum atomic E-state index is 12.3. The van der Waals surface area contributed by atoms with Crippen LogP contribution in [0, 0.1) is 0 Å². The summed E-state index contributed by atoms with van der Waals surface area (Å²) in [6.07, 6.45) is 0.260. The third-order valence-electron chi connectivity index (χ3n) is 4.09. The summed E-state index contributed by atoms with van der Waals surface area (Å²) in [5.74, 6) is 2.07. The lowest BCUT2D eigenvalue weighted by molar-refractivity contribution is -0.115. The van der Waals surface area contributed by atoms with E-state index in [0.717, 1.165) is 34.1 Å². The molecule has 2 aromatic carbocycles. The molecule has 0 saturated heterocycles. The van der Waals surface area contributed by atoms with Gasteiger partial charge in [0, 0.05) is 10.9 Å². The molecule has 0 spiro atoms. The van der Waals surface area contributed by atoms with E-state index in [4.69, 9.17) is 14.2 Å². The first kappa shape index (κ1) is 17.4. The number of fused-ring (bicyclic) bond motifs is 1. The molecule has 3 aromatic rings. The van der Waals surface area contributed by atoms with Crippen LogP contribution >= 0.6 is 11.3 Å². The molecule has 0 aliphatic carbocycles. The SMILES string of the molecule is COc1cccc(CC(=O)Nc2nc(-c3ccc4c(c3)OCCO4)cs2)c1. The predicted octanol–water partition coefficient (Wildman–Crippen LogP) is 3.77. The molecule has 4 rings (SSSR count). The van der Waals surface area contributed by atoms with Crippen molar-refractivity contribution in [3.63, 3.8) is 0 Å². The average Bonchev–Trinajstić information content (AvgIpc) is 3.16. The molecule has 138 valence electrons. The lowest BCUT2D eigenvalue weighted by Crippen LogP contribution is -2.15. The second-order valence-corrected chi connectivity index (χ2v) is 6.83. The molecule has 6 nitrogen and oxygen atoms in total. The number of ether oxygens (including phenoxy) is 3. The summed E-state index contributed by atoms with van der Waals surface area (Å²) < 4.78 is 16.3. The van der Waals surface area contributed by atoms with Gasteiger partial charge in [0.05, 0.1) is 19.2 Å². The molecule has 1 N–H and O–H groups in total. The maximum absolute atomic E-state index is 12.3. The zero-order valence-corrected chi connectivity index (χ0v) is 15.5. The summed E-state index contributed by atoms with van der Waals surface area (Å²) in [5.41, 5.74) is 2.59. The van der Waals surface area contributed by atoms with Gasteiger partial charge >= 0.3 is 0 Å². The first-order valence-electron chi connectivity index (χ1n) is 8.49. The smallest absolute Gasteiger partial charge is 0.230 e. The standard InChI is InChI=1S/C20H18N2O4S/c1-24-15-4-2-3-13(9-15)10-19(23)22-20-21-16(12-27-20)14-5-6-17-18(11-14)26-8-7-25-17/h2-6,9,11-12H,7-8,10H2,1H3,(H,21,22,23). The summed E-state index contributed by atoms with van der Waals surface area (Å²) in [7, 11) is 1.61. The summed E-state index contributed by atoms with van der Waals surface area (Å²) in [4.78, 5) is 16.8. The number of methoxy groups -OCH3 is 1. The fourth-order valence-electron chi connectivity index (χ4n) is 2.80. The van der Waals surface area contributed by atoms with Gasteiger partial charge in [-0.05, 0) is 35.9 Å². The topological polar surface area (TPSA) is 69.7 Å². The number of amides is 1. The Labute approximate surface area is 160 Å². The summed E-state index contributed by atoms with van der Waals surface area (Å²) in [6, 6.07) is 13.2. The summed E-state index contributed by atoms with van der Waals surface area (Å²) >= 11 is 1.39. The van der Waals surface area contributed by atoms with Gasteiger partial charge in [-0.25, -0.2) is 4.98 Å². The Morgan fingerprint density at radius 1 is 1.19 bits per heavy atom. The number of hydrogen-bond acceptors (Lipinski definition) is 6. The van der Waals surface area contributed by atoms with Gasteiger partial charge in [0.25, 0.3) is 0 Å². The van der Waals surface area contributed by atoms with Crippen molar-refractivity contribution in [3.05, 3.63) is 53.4 Å². The van der Waals surface area contributed by atoms with Gasteiger partial charge in [-0.3, -0.25) is 4.79 Å². The first-order valence-corrected chi connectivity index (χ1v) is 9.37. The number of anilines is 1. The minimum absolute atomic E-state index is 0.119. The molecule has 1 aromatic heterocycles. The van der Waals surface area contributed by atoms with E-state index in [1.807, 2.05) is 47.8 Å². The highest BCUT2D eigenvalue weighted by molar-refractivity contribution is 7.14. The molecule has 27 heavy (non-hydrogen) atoms. The van der Waals surface area contributed by atoms with E-state index in [1.165, 1.54) is 11.3 Å². The van der Waals surface area contributed by atoms with Gasteiger partial charge < -0.3 is 19.5 Å². The van der Waals surface area contributed by atoms with Crippen molar-refractivity contribution in [3.8, 4) is 28.5 Å². The first-order chi connectivity index (χ1) is 13.2. The van der Waals surface area contributed by atoms with E-state index in [1.54, 1.807) is 7.11 Å². The van der Waals surface area contributed by atoms with Gasteiger partial charge in [0.1, 0.15) is 19.0 Å². The Balaban J connectivity index is 1.44. The zero-order valence-electron chi connectivity index (χ0n) is 14.7. The number of carbonyl (C=O) groups is 1. The Bertz CT molecular complexity index is 970. The van der Waals surface area contributed by atoms with Crippen molar-refractivity contribution >= 4 is 22.4 Å². The van der Waals surface area contributed by atoms with Gasteiger partial charge in [-0.2, -0.15) is 0 Å². The number of carbonyl (C=O) groups excluding carboxylic acids is 1. The molecule has 0 saturated carbocycles. The third-order valence-corrected chi connectivity index (χ3v) is 4.85. The van der Waals surface area contributed by atoms with Crippen LogP contribution in [-0.4, -0.2) is 31.2 Å². The molecule has 2 heterocycles. The van der Waals surface area contributed by atoms with E-state index in [0.29, 0.717) is 18.3 Å². The summed E-state index contributed by atoms with van der Waals surface area (Å²) in [5, 5.41) is 5.32. The molecular weight excluding hydrogens is 364 g/mol. The van der Waals surface area contributed by atoms with Gasteiger partial charge in [-0.15, -0.1) is 11.3 Å². The van der Waals surface area contributed by atoms with Gasteiger partial charge in [0.15, 0.2) is 16.6 Å². The third kappa shape index (κ3) is 4.03. The number of benzene rings is 2. The molecule has 0 radical (unpaired) electrons. The van der Waals surface area contributed by atoms with Crippen molar-refractivity contribution in [2.45, 2.75) is 6.42 Å². The molecule has 0 unspecified atom stereocenters. The van der Waals surface area contributed by atoms with Crippen LogP contribution in [0.1, 0.15) is 5.56 Å². The number of rotatable bonds is 5. The fourth-order valence-corrected chi connectivity index (χ4v) is 3.53. The average molecular weight is 382 g/mol. The normalized spacial score (nSPS) is 12.5. The van der Waals surface area contributed by atoms with Crippen molar-refractivity contribution in [2.24, 2.45) is 0 Å². The van der Waals surface area contributed by atoms with Crippen molar-refractivity contribution < 1.29 is 19.0 Å². The van der Waals surface area contributed by atoms with Crippen LogP contribution in [0.4, 0.5) is 5.13 Å². The molecular formula is C20H18N2O4S. The second-order valence-electron chi connectivity index (χ2n) is 5.97. The van der Waals surface area contributed by atoms with Gasteiger partial charge in [0.2, 0.25) is 5.91 Å². The van der Waals surface area contributed by atoms with E-state index in [9.17, 15) is 4.79 Å². The number of hydrogen-bond donors (Lipinski definition) is 1. The van der Waals surface area contributed by atoms with Crippen LogP contribution in [0.3, 0.4) is 0 Å². The maximum Gasteiger partial charge on any atom is 0.230 e. The van der Waals surface area contributed by atoms with Gasteiger partial charge in [-0.1, -0.05) is 12.1 Å². The molecule has 1 aliphatic heterocycles. The molecule has 1 amide bonds. The lowest BCUT2D eigenvalue weighted by atomic mass is 10.1. The predicted molar refractivity (Wildman–Crippen MR) is 104 cm³/mol. The minimum Gasteiger partial charge on any atom is -0.497 e. The van der Waals surface area contributed by atoms with Crippen molar-refractivity contribution in [1.29, 1.82) is 0 Å². The Morgan fingerprint density at radius 3 is 2.89 bits per heavy atom. The highest BCUT2D eigenvalue weighted by Crippen LogP contribution is 2.35. The molecule has 0 fully saturated rings. The summed E-state index contributed by atoms with van der Waals surface area (Å²) in [6.45, 7) is 1.10. The number of nitrogens with zero attached hydrogens (tertiary/aromatic N) is 1. The number of aromatic nitrogens is 1. The lowest BCUT2D eigenvalue weighted by Gasteiger charge is -2.18. The van der Waals surface area contributed by atoms with Crippen LogP contribution in [-0.2, 0) is 11.2 Å². The van der Waals surface area contributed by atoms with Crippen molar-refractivity contribution in [2.75, 3.05) is 25.6 Å². The van der Waals surface area contributed by atoms with Crippen LogP contribution in [0.5, 0.6) is 17.2 Å². The molecule has 0 bridgehead atoms. The second kappa shape index (κ2) is 7.67. The largest absolute Gasteiger partial charge is 0.497 e. The number of thiazole rings is 1. The Morgan fingerprint density at radius 2 is 2.04 bits per heavy atom. The van der Waals surface area contributed by atoms with Crippen LogP contribution < -0.4 is 19.5 Å². The van der Waals surface area contributed by atoms with Crippen LogP contribution in [0.2, 0.25) is 0 Å². The van der Waals surface area contributed by atoms with E-state index >= 15 is 0 Å². The fraction of sp³-hybridized carbons (Fsp3) is 0.200. The highest BCUT2D eigenvalue weighted by atomic mass is 32.1. The minimum atomic E-state index is -0.119. The van der Waals surface area contributed by atoms with E-state index in [-0.39, 0.29) is 12.3 Å². The van der Waals surface area contributed by atoms with Crippen LogP contribution in [0.25, 0.3) is 11.3 Å². The Hall–Kier alpha value is -3.06.